The predicted octanol–water partition coefficient (Wildman–Crippen LogP) is 11.6. The van der Waals surface area contributed by atoms with Crippen molar-refractivity contribution < 1.29 is 13.3 Å². The van der Waals surface area contributed by atoms with Crippen molar-refractivity contribution in [3.05, 3.63) is 168 Å². The summed E-state index contributed by atoms with van der Waals surface area (Å²) in [5, 5.41) is 14.1. The number of furan rings is 3. The summed E-state index contributed by atoms with van der Waals surface area (Å²) in [6.45, 7) is 2.18. The maximum Gasteiger partial charge on any atom is 0.143 e. The summed E-state index contributed by atoms with van der Waals surface area (Å²) >= 11 is 0. The van der Waals surface area contributed by atoms with Gasteiger partial charge in [-0.3, -0.25) is 10.6 Å². The first-order chi connectivity index (χ1) is 25.6. The highest BCUT2D eigenvalue weighted by atomic mass is 16.3. The van der Waals surface area contributed by atoms with Crippen molar-refractivity contribution in [3.8, 4) is 11.1 Å². The van der Waals surface area contributed by atoms with Gasteiger partial charge in [-0.25, -0.2) is 0 Å². The molecule has 0 amide bonds. The molecule has 6 heteroatoms. The van der Waals surface area contributed by atoms with Gasteiger partial charge < -0.3 is 19.0 Å². The smallest absolute Gasteiger partial charge is 0.143 e. The highest BCUT2D eigenvalue weighted by molar-refractivity contribution is 6.11. The summed E-state index contributed by atoms with van der Waals surface area (Å²) in [6, 6.07) is 51.9. The Kier molecular flexibility index (Phi) is 7.22. The molecule has 0 radical (unpaired) electrons. The third kappa shape index (κ3) is 5.08. The topological polar surface area (TPSA) is 89.5 Å². The van der Waals surface area contributed by atoms with Gasteiger partial charge in [0.05, 0.1) is 12.3 Å². The molecule has 252 valence electrons. The summed E-state index contributed by atoms with van der Waals surface area (Å²) < 4.78 is 19.1. The van der Waals surface area contributed by atoms with E-state index in [9.17, 15) is 0 Å². The lowest BCUT2D eigenvalue weighted by atomic mass is 9.99. The second kappa shape index (κ2) is 12.2. The van der Waals surface area contributed by atoms with Crippen LogP contribution in [0.25, 0.3) is 76.9 Å². The predicted molar refractivity (Wildman–Crippen MR) is 211 cm³/mol. The standard InChI is InChI=1S/C46H35N3O3/c1-27(31-15-10-20-41-43(31)36-14-6-8-19-39(36)50-41)48-46(49-45(47)28-11-3-2-4-12-28)30-21-23-34-37-25-29(22-24-40(37)51-42(34)26-30)32-16-9-17-35-33-13-5-7-18-38(33)52-44(32)35/h2-27,45-46,48-49H,47H2,1H3. The molecule has 3 atom stereocenters. The van der Waals surface area contributed by atoms with E-state index in [1.54, 1.807) is 0 Å². The fraction of sp³-hybridized carbons (Fsp3) is 0.0870. The van der Waals surface area contributed by atoms with Crippen molar-refractivity contribution in [2.24, 2.45) is 5.73 Å². The first-order valence-electron chi connectivity index (χ1n) is 17.7. The fourth-order valence-electron chi connectivity index (χ4n) is 7.79. The van der Waals surface area contributed by atoms with Gasteiger partial charge in [0.1, 0.15) is 33.5 Å². The van der Waals surface area contributed by atoms with Crippen LogP contribution < -0.4 is 16.4 Å². The van der Waals surface area contributed by atoms with Crippen LogP contribution in [0.2, 0.25) is 0 Å². The molecule has 0 spiro atoms. The van der Waals surface area contributed by atoms with Gasteiger partial charge in [0, 0.05) is 43.9 Å². The number of hydrogen-bond donors (Lipinski definition) is 3. The van der Waals surface area contributed by atoms with E-state index in [-0.39, 0.29) is 12.2 Å². The third-order valence-corrected chi connectivity index (χ3v) is 10.4. The monoisotopic (exact) mass is 677 g/mol. The average Bonchev–Trinajstić information content (AvgIpc) is 3.88. The zero-order valence-electron chi connectivity index (χ0n) is 28.5. The Hall–Kier alpha value is -6.18. The fourth-order valence-corrected chi connectivity index (χ4v) is 7.79. The minimum atomic E-state index is -0.411. The molecule has 10 aromatic rings. The number of hydrogen-bond acceptors (Lipinski definition) is 6. The molecular formula is C46H35N3O3. The van der Waals surface area contributed by atoms with Crippen molar-refractivity contribution >= 4 is 65.8 Å². The third-order valence-electron chi connectivity index (χ3n) is 10.4. The van der Waals surface area contributed by atoms with E-state index < -0.39 is 6.17 Å². The maximum atomic E-state index is 6.81. The number of fused-ring (bicyclic) bond motifs is 9. The molecular weight excluding hydrogens is 643 g/mol. The van der Waals surface area contributed by atoms with Crippen molar-refractivity contribution in [1.29, 1.82) is 0 Å². The molecule has 0 bridgehead atoms. The summed E-state index contributed by atoms with van der Waals surface area (Å²) in [4.78, 5) is 0. The van der Waals surface area contributed by atoms with E-state index in [1.165, 1.54) is 0 Å². The number of para-hydroxylation sites is 3. The van der Waals surface area contributed by atoms with Crippen LogP contribution in [-0.4, -0.2) is 0 Å². The Morgan fingerprint density at radius 1 is 0.481 bits per heavy atom. The Morgan fingerprint density at radius 3 is 2.02 bits per heavy atom. The minimum Gasteiger partial charge on any atom is -0.456 e. The number of nitrogens with one attached hydrogen (secondary N) is 2. The van der Waals surface area contributed by atoms with E-state index in [4.69, 9.17) is 19.0 Å². The maximum absolute atomic E-state index is 6.81. The van der Waals surface area contributed by atoms with E-state index in [1.807, 2.05) is 60.7 Å². The number of nitrogens with two attached hydrogens (primary N) is 1. The Morgan fingerprint density at radius 2 is 1.15 bits per heavy atom. The lowest BCUT2D eigenvalue weighted by Crippen LogP contribution is -2.41. The van der Waals surface area contributed by atoms with Crippen molar-refractivity contribution in [2.45, 2.75) is 25.3 Å². The first-order valence-corrected chi connectivity index (χ1v) is 17.7. The van der Waals surface area contributed by atoms with Gasteiger partial charge in [0.15, 0.2) is 0 Å². The molecule has 4 N–H and O–H groups in total. The molecule has 0 aliphatic carbocycles. The molecule has 0 aliphatic heterocycles. The van der Waals surface area contributed by atoms with Gasteiger partial charge in [-0.2, -0.15) is 0 Å². The van der Waals surface area contributed by atoms with Crippen LogP contribution in [0.1, 0.15) is 42.0 Å². The highest BCUT2D eigenvalue weighted by Gasteiger charge is 2.23. The van der Waals surface area contributed by atoms with Crippen LogP contribution in [-0.2, 0) is 0 Å². The van der Waals surface area contributed by atoms with E-state index >= 15 is 0 Å². The molecule has 52 heavy (non-hydrogen) atoms. The molecule has 3 aromatic heterocycles. The molecule has 6 nitrogen and oxygen atoms in total. The van der Waals surface area contributed by atoms with Crippen LogP contribution in [0.3, 0.4) is 0 Å². The Balaban J connectivity index is 1.04. The molecule has 0 saturated heterocycles. The van der Waals surface area contributed by atoms with Crippen LogP contribution in [0.4, 0.5) is 0 Å². The lowest BCUT2D eigenvalue weighted by molar-refractivity contribution is 0.357. The summed E-state index contributed by atoms with van der Waals surface area (Å²) in [6.07, 6.45) is -0.719. The van der Waals surface area contributed by atoms with E-state index in [0.29, 0.717) is 0 Å². The molecule has 0 aliphatic rings. The normalized spacial score (nSPS) is 13.9. The average molecular weight is 678 g/mol. The van der Waals surface area contributed by atoms with Crippen molar-refractivity contribution in [2.75, 3.05) is 0 Å². The lowest BCUT2D eigenvalue weighted by Gasteiger charge is -2.28. The van der Waals surface area contributed by atoms with Crippen molar-refractivity contribution in [3.63, 3.8) is 0 Å². The molecule has 10 rings (SSSR count). The van der Waals surface area contributed by atoms with Crippen molar-refractivity contribution in [1.82, 2.24) is 10.6 Å². The Bertz CT molecular complexity index is 2920. The summed E-state index contributed by atoms with van der Waals surface area (Å²) in [7, 11) is 0. The van der Waals surface area contributed by atoms with Crippen LogP contribution in [0.5, 0.6) is 0 Å². The summed E-state index contributed by atoms with van der Waals surface area (Å²) in [5.41, 5.74) is 17.3. The summed E-state index contributed by atoms with van der Waals surface area (Å²) in [5.74, 6) is 0. The highest BCUT2D eigenvalue weighted by Crippen LogP contribution is 2.39. The van der Waals surface area contributed by atoms with Gasteiger partial charge in [-0.05, 0) is 65.6 Å². The first kappa shape index (κ1) is 30.6. The largest absolute Gasteiger partial charge is 0.456 e. The molecule has 0 saturated carbocycles. The molecule has 7 aromatic carbocycles. The number of benzene rings is 7. The van der Waals surface area contributed by atoms with Gasteiger partial charge >= 0.3 is 0 Å². The van der Waals surface area contributed by atoms with Crippen LogP contribution in [0, 0.1) is 0 Å². The second-order valence-electron chi connectivity index (χ2n) is 13.5. The quantitative estimate of drug-likeness (QED) is 0.139. The minimum absolute atomic E-state index is 0.0555. The van der Waals surface area contributed by atoms with E-state index in [2.05, 4.69) is 109 Å². The molecule has 0 fully saturated rings. The molecule has 3 unspecified atom stereocenters. The van der Waals surface area contributed by atoms with Gasteiger partial charge in [0.25, 0.3) is 0 Å². The van der Waals surface area contributed by atoms with Crippen LogP contribution in [0.15, 0.2) is 165 Å². The van der Waals surface area contributed by atoms with Gasteiger partial charge in [-0.1, -0.05) is 115 Å². The van der Waals surface area contributed by atoms with Crippen LogP contribution >= 0.6 is 0 Å². The van der Waals surface area contributed by atoms with Gasteiger partial charge in [0.2, 0.25) is 0 Å². The second-order valence-corrected chi connectivity index (χ2v) is 13.5. The Labute approximate surface area is 299 Å². The van der Waals surface area contributed by atoms with Gasteiger partial charge in [-0.15, -0.1) is 0 Å². The SMILES string of the molecule is CC(NC(NC(N)c1ccccc1)c1ccc2c(c1)oc1ccc(-c3cccc4c3oc3ccccc34)cc12)c1cccc2oc3ccccc3c12. The number of rotatable bonds is 8. The zero-order valence-corrected chi connectivity index (χ0v) is 28.5. The molecule has 3 heterocycles. The van der Waals surface area contributed by atoms with E-state index in [0.717, 1.165) is 93.6 Å². The zero-order chi connectivity index (χ0) is 34.8.